The monoisotopic (exact) mass is 283 g/mol. The number of carbonyl (C=O) groups is 2. The Kier molecular flexibility index (Phi) is 4.56. The zero-order chi connectivity index (χ0) is 15.2. The smallest absolute Gasteiger partial charge is 0.251 e. The van der Waals surface area contributed by atoms with Gasteiger partial charge in [-0.1, -0.05) is 12.1 Å². The van der Waals surface area contributed by atoms with Crippen molar-refractivity contribution in [1.29, 1.82) is 0 Å². The van der Waals surface area contributed by atoms with Gasteiger partial charge in [-0.15, -0.1) is 0 Å². The number of nitrogens with two attached hydrogens (primary N) is 1. The van der Waals surface area contributed by atoms with Gasteiger partial charge in [0.15, 0.2) is 0 Å². The lowest BCUT2D eigenvalue weighted by atomic mass is 10.1. The average Bonchev–Trinajstić information content (AvgIpc) is 2.49. The van der Waals surface area contributed by atoms with Crippen molar-refractivity contribution in [3.63, 3.8) is 0 Å². The van der Waals surface area contributed by atoms with Gasteiger partial charge in [-0.05, 0) is 42.0 Å². The van der Waals surface area contributed by atoms with Crippen molar-refractivity contribution in [1.82, 2.24) is 5.32 Å². The molecule has 0 saturated carbocycles. The van der Waals surface area contributed by atoms with E-state index in [2.05, 4.69) is 10.6 Å². The summed E-state index contributed by atoms with van der Waals surface area (Å²) >= 11 is 0. The molecule has 0 heterocycles. The fourth-order valence-electron chi connectivity index (χ4n) is 1.88. The first kappa shape index (κ1) is 14.6. The topological polar surface area (TPSA) is 84.2 Å². The van der Waals surface area contributed by atoms with Gasteiger partial charge in [0.25, 0.3) is 5.91 Å². The van der Waals surface area contributed by atoms with Gasteiger partial charge in [0.2, 0.25) is 5.91 Å². The Hall–Kier alpha value is -2.82. The van der Waals surface area contributed by atoms with E-state index in [-0.39, 0.29) is 18.2 Å². The summed E-state index contributed by atoms with van der Waals surface area (Å²) < 4.78 is 0. The first-order valence-electron chi connectivity index (χ1n) is 6.55. The summed E-state index contributed by atoms with van der Waals surface area (Å²) in [5, 5.41) is 5.33. The van der Waals surface area contributed by atoms with Crippen molar-refractivity contribution < 1.29 is 9.59 Å². The maximum Gasteiger partial charge on any atom is 0.251 e. The lowest BCUT2D eigenvalue weighted by Crippen LogP contribution is -2.18. The van der Waals surface area contributed by atoms with E-state index in [1.807, 2.05) is 12.1 Å². The first-order valence-corrected chi connectivity index (χ1v) is 6.55. The number of benzene rings is 2. The zero-order valence-corrected chi connectivity index (χ0v) is 11.7. The van der Waals surface area contributed by atoms with Crippen LogP contribution >= 0.6 is 0 Å². The Balaban J connectivity index is 1.96. The molecule has 0 atom stereocenters. The molecule has 0 saturated heterocycles. The second-order valence-electron chi connectivity index (χ2n) is 4.62. The van der Waals surface area contributed by atoms with Crippen LogP contribution in [0.4, 0.5) is 11.4 Å². The van der Waals surface area contributed by atoms with Gasteiger partial charge in [0.05, 0.1) is 6.42 Å². The van der Waals surface area contributed by atoms with Gasteiger partial charge >= 0.3 is 0 Å². The molecule has 0 aliphatic heterocycles. The van der Waals surface area contributed by atoms with Crippen LogP contribution in [0.2, 0.25) is 0 Å². The van der Waals surface area contributed by atoms with Crippen molar-refractivity contribution in [3.05, 3.63) is 59.7 Å². The third-order valence-electron chi connectivity index (χ3n) is 3.00. The Morgan fingerprint density at radius 1 is 1.00 bits per heavy atom. The van der Waals surface area contributed by atoms with E-state index in [0.29, 0.717) is 16.9 Å². The van der Waals surface area contributed by atoms with E-state index in [1.54, 1.807) is 43.4 Å². The summed E-state index contributed by atoms with van der Waals surface area (Å²) in [4.78, 5) is 23.3. The average molecular weight is 283 g/mol. The van der Waals surface area contributed by atoms with Gasteiger partial charge in [-0.2, -0.15) is 0 Å². The van der Waals surface area contributed by atoms with Crippen LogP contribution in [0.25, 0.3) is 0 Å². The molecule has 5 heteroatoms. The molecule has 5 nitrogen and oxygen atoms in total. The highest BCUT2D eigenvalue weighted by Gasteiger charge is 2.06. The lowest BCUT2D eigenvalue weighted by Gasteiger charge is -2.06. The van der Waals surface area contributed by atoms with E-state index in [1.165, 1.54) is 0 Å². The largest absolute Gasteiger partial charge is 0.399 e. The number of carbonyl (C=O) groups excluding carboxylic acids is 2. The van der Waals surface area contributed by atoms with Crippen molar-refractivity contribution in [3.8, 4) is 0 Å². The van der Waals surface area contributed by atoms with E-state index in [4.69, 9.17) is 5.73 Å². The number of nitrogen functional groups attached to an aromatic ring is 1. The van der Waals surface area contributed by atoms with Crippen LogP contribution in [0, 0.1) is 0 Å². The van der Waals surface area contributed by atoms with Crippen LogP contribution in [0.3, 0.4) is 0 Å². The Morgan fingerprint density at radius 2 is 1.62 bits per heavy atom. The van der Waals surface area contributed by atoms with E-state index in [9.17, 15) is 9.59 Å². The van der Waals surface area contributed by atoms with Crippen molar-refractivity contribution in [2.75, 3.05) is 18.1 Å². The molecule has 0 aliphatic carbocycles. The molecule has 2 aromatic rings. The Bertz CT molecular complexity index is 634. The molecule has 0 aliphatic rings. The highest BCUT2D eigenvalue weighted by atomic mass is 16.2. The Morgan fingerprint density at radius 3 is 2.19 bits per heavy atom. The molecular weight excluding hydrogens is 266 g/mol. The quantitative estimate of drug-likeness (QED) is 0.748. The molecule has 0 aromatic heterocycles. The fourth-order valence-corrected chi connectivity index (χ4v) is 1.88. The molecule has 2 amide bonds. The second-order valence-corrected chi connectivity index (χ2v) is 4.62. The summed E-state index contributed by atoms with van der Waals surface area (Å²) in [5.41, 5.74) is 8.37. The molecule has 0 radical (unpaired) electrons. The lowest BCUT2D eigenvalue weighted by molar-refractivity contribution is -0.115. The van der Waals surface area contributed by atoms with Crippen LogP contribution in [-0.2, 0) is 11.2 Å². The van der Waals surface area contributed by atoms with Gasteiger partial charge in [0.1, 0.15) is 0 Å². The predicted molar refractivity (Wildman–Crippen MR) is 83.0 cm³/mol. The molecule has 0 bridgehead atoms. The number of amides is 2. The minimum Gasteiger partial charge on any atom is -0.399 e. The van der Waals surface area contributed by atoms with Crippen LogP contribution < -0.4 is 16.4 Å². The molecule has 2 rings (SSSR count). The molecular formula is C16H17N3O2. The SMILES string of the molecule is CNC(=O)c1ccc(NC(=O)Cc2ccc(N)cc2)cc1. The van der Waals surface area contributed by atoms with E-state index in [0.717, 1.165) is 5.56 Å². The summed E-state index contributed by atoms with van der Waals surface area (Å²) in [7, 11) is 1.57. The van der Waals surface area contributed by atoms with Crippen molar-refractivity contribution >= 4 is 23.2 Å². The highest BCUT2D eigenvalue weighted by molar-refractivity contribution is 5.96. The maximum atomic E-state index is 11.9. The van der Waals surface area contributed by atoms with Crippen molar-refractivity contribution in [2.24, 2.45) is 0 Å². The van der Waals surface area contributed by atoms with Crippen molar-refractivity contribution in [2.45, 2.75) is 6.42 Å². The molecule has 21 heavy (non-hydrogen) atoms. The fraction of sp³-hybridized carbons (Fsp3) is 0.125. The summed E-state index contributed by atoms with van der Waals surface area (Å²) in [6, 6.07) is 13.9. The van der Waals surface area contributed by atoms with Crippen LogP contribution in [0.15, 0.2) is 48.5 Å². The predicted octanol–water partition coefficient (Wildman–Crippen LogP) is 1.81. The number of rotatable bonds is 4. The molecule has 2 aromatic carbocycles. The van der Waals surface area contributed by atoms with Gasteiger partial charge in [0, 0.05) is 24.0 Å². The summed E-state index contributed by atoms with van der Waals surface area (Å²) in [6.07, 6.45) is 0.275. The standard InChI is InChI=1S/C16H17N3O2/c1-18-16(21)12-4-8-14(9-5-12)19-15(20)10-11-2-6-13(17)7-3-11/h2-9H,10,17H2,1H3,(H,18,21)(H,19,20). The van der Waals surface area contributed by atoms with Crippen LogP contribution in [0.1, 0.15) is 15.9 Å². The minimum atomic E-state index is -0.158. The Labute approximate surface area is 123 Å². The number of nitrogens with one attached hydrogen (secondary N) is 2. The second kappa shape index (κ2) is 6.56. The zero-order valence-electron chi connectivity index (χ0n) is 11.7. The highest BCUT2D eigenvalue weighted by Crippen LogP contribution is 2.11. The minimum absolute atomic E-state index is 0.118. The van der Waals surface area contributed by atoms with Gasteiger partial charge in [-0.3, -0.25) is 9.59 Å². The molecule has 0 unspecified atom stereocenters. The number of anilines is 2. The molecule has 0 spiro atoms. The number of hydrogen-bond acceptors (Lipinski definition) is 3. The molecule has 4 N–H and O–H groups in total. The van der Waals surface area contributed by atoms with Crippen LogP contribution in [-0.4, -0.2) is 18.9 Å². The normalized spacial score (nSPS) is 9.95. The molecule has 108 valence electrons. The third kappa shape index (κ3) is 4.07. The maximum absolute atomic E-state index is 11.9. The first-order chi connectivity index (χ1) is 10.1. The van der Waals surface area contributed by atoms with Crippen LogP contribution in [0.5, 0.6) is 0 Å². The number of hydrogen-bond donors (Lipinski definition) is 3. The van der Waals surface area contributed by atoms with E-state index < -0.39 is 0 Å². The van der Waals surface area contributed by atoms with Gasteiger partial charge in [-0.25, -0.2) is 0 Å². The van der Waals surface area contributed by atoms with E-state index >= 15 is 0 Å². The summed E-state index contributed by atoms with van der Waals surface area (Å²) in [5.74, 6) is -0.276. The third-order valence-corrected chi connectivity index (χ3v) is 3.00. The summed E-state index contributed by atoms with van der Waals surface area (Å²) in [6.45, 7) is 0. The molecule has 0 fully saturated rings. The van der Waals surface area contributed by atoms with Gasteiger partial charge < -0.3 is 16.4 Å².